The molecule has 0 aliphatic rings. The summed E-state index contributed by atoms with van der Waals surface area (Å²) in [6.45, 7) is 5.79. The average Bonchev–Trinajstić information content (AvgIpc) is 2.21. The van der Waals surface area contributed by atoms with Crippen molar-refractivity contribution in [3.05, 3.63) is 12.7 Å². The van der Waals surface area contributed by atoms with Gasteiger partial charge < -0.3 is 5.73 Å². The molecule has 0 saturated carbocycles. The van der Waals surface area contributed by atoms with Crippen LogP contribution in [0.2, 0.25) is 0 Å². The molecule has 0 spiro atoms. The Hall–Kier alpha value is -0.790. The fourth-order valence-electron chi connectivity index (χ4n) is 1.81. The predicted octanol–water partition coefficient (Wildman–Crippen LogP) is 3.41. The first kappa shape index (κ1) is 14.2. The highest BCUT2D eigenvalue weighted by molar-refractivity contribution is 5.76. The molecule has 0 aromatic rings. The first-order chi connectivity index (χ1) is 7.22. The third-order valence-corrected chi connectivity index (χ3v) is 2.75. The summed E-state index contributed by atoms with van der Waals surface area (Å²) in [5.41, 5.74) is 5.33. The minimum Gasteiger partial charge on any atom is -0.369 e. The van der Waals surface area contributed by atoms with E-state index >= 15 is 0 Å². The van der Waals surface area contributed by atoms with Crippen molar-refractivity contribution in [3.63, 3.8) is 0 Å². The van der Waals surface area contributed by atoms with Crippen molar-refractivity contribution in [2.45, 2.75) is 58.3 Å². The van der Waals surface area contributed by atoms with E-state index in [9.17, 15) is 4.79 Å². The zero-order valence-electron chi connectivity index (χ0n) is 10.0. The molecule has 0 aliphatic carbocycles. The van der Waals surface area contributed by atoms with Gasteiger partial charge in [0, 0.05) is 5.92 Å². The van der Waals surface area contributed by atoms with Gasteiger partial charge in [0.2, 0.25) is 5.91 Å². The maximum atomic E-state index is 11.1. The van der Waals surface area contributed by atoms with Crippen molar-refractivity contribution in [2.24, 2.45) is 11.7 Å². The summed E-state index contributed by atoms with van der Waals surface area (Å²) in [5, 5.41) is 0. The van der Waals surface area contributed by atoms with Gasteiger partial charge in [0.05, 0.1) is 0 Å². The Balaban J connectivity index is 3.45. The maximum Gasteiger partial charge on any atom is 0.220 e. The molecule has 0 aliphatic heterocycles. The molecule has 1 amide bonds. The van der Waals surface area contributed by atoms with E-state index in [4.69, 9.17) is 5.73 Å². The molecular weight excluding hydrogens is 186 g/mol. The highest BCUT2D eigenvalue weighted by atomic mass is 16.1. The SMILES string of the molecule is C=CCCCCCCC(CCC)C(N)=O. The zero-order valence-corrected chi connectivity index (χ0v) is 10.0. The Morgan fingerprint density at radius 3 is 2.47 bits per heavy atom. The van der Waals surface area contributed by atoms with E-state index in [2.05, 4.69) is 13.5 Å². The molecule has 0 aromatic heterocycles. The number of amides is 1. The van der Waals surface area contributed by atoms with E-state index < -0.39 is 0 Å². The van der Waals surface area contributed by atoms with Crippen LogP contribution in [0.5, 0.6) is 0 Å². The van der Waals surface area contributed by atoms with E-state index in [1.54, 1.807) is 0 Å². The number of unbranched alkanes of at least 4 members (excludes halogenated alkanes) is 4. The second kappa shape index (κ2) is 9.75. The number of hydrogen-bond acceptors (Lipinski definition) is 1. The molecule has 2 nitrogen and oxygen atoms in total. The Labute approximate surface area is 93.9 Å². The van der Waals surface area contributed by atoms with E-state index in [1.165, 1.54) is 19.3 Å². The largest absolute Gasteiger partial charge is 0.369 e. The van der Waals surface area contributed by atoms with Crippen molar-refractivity contribution < 1.29 is 4.79 Å². The number of primary amides is 1. The van der Waals surface area contributed by atoms with Crippen molar-refractivity contribution in [1.82, 2.24) is 0 Å². The predicted molar refractivity (Wildman–Crippen MR) is 65.5 cm³/mol. The third kappa shape index (κ3) is 8.22. The molecule has 0 heterocycles. The van der Waals surface area contributed by atoms with Gasteiger partial charge in [-0.15, -0.1) is 6.58 Å². The first-order valence-electron chi connectivity index (χ1n) is 6.12. The monoisotopic (exact) mass is 211 g/mol. The molecule has 0 saturated heterocycles. The van der Waals surface area contributed by atoms with Crippen molar-refractivity contribution >= 4 is 5.91 Å². The fourth-order valence-corrected chi connectivity index (χ4v) is 1.81. The molecular formula is C13H25NO. The summed E-state index contributed by atoms with van der Waals surface area (Å²) in [4.78, 5) is 11.1. The normalized spacial score (nSPS) is 12.3. The second-order valence-electron chi connectivity index (χ2n) is 4.17. The van der Waals surface area contributed by atoms with Gasteiger partial charge in [0.15, 0.2) is 0 Å². The van der Waals surface area contributed by atoms with Crippen LogP contribution < -0.4 is 5.73 Å². The Morgan fingerprint density at radius 2 is 1.93 bits per heavy atom. The Morgan fingerprint density at radius 1 is 1.27 bits per heavy atom. The van der Waals surface area contributed by atoms with Crippen LogP contribution in [0.3, 0.4) is 0 Å². The van der Waals surface area contributed by atoms with Crippen LogP contribution >= 0.6 is 0 Å². The summed E-state index contributed by atoms with van der Waals surface area (Å²) in [6, 6.07) is 0. The lowest BCUT2D eigenvalue weighted by Crippen LogP contribution is -2.23. The van der Waals surface area contributed by atoms with Crippen LogP contribution in [0.25, 0.3) is 0 Å². The Bertz CT molecular complexity index is 177. The summed E-state index contributed by atoms with van der Waals surface area (Å²) < 4.78 is 0. The molecule has 0 fully saturated rings. The summed E-state index contributed by atoms with van der Waals surface area (Å²) in [6.07, 6.45) is 10.8. The number of nitrogens with two attached hydrogens (primary N) is 1. The van der Waals surface area contributed by atoms with Gasteiger partial charge in [-0.05, 0) is 25.7 Å². The van der Waals surface area contributed by atoms with Gasteiger partial charge in [-0.2, -0.15) is 0 Å². The van der Waals surface area contributed by atoms with Gasteiger partial charge in [0.1, 0.15) is 0 Å². The topological polar surface area (TPSA) is 43.1 Å². The average molecular weight is 211 g/mol. The number of rotatable bonds is 10. The van der Waals surface area contributed by atoms with Crippen molar-refractivity contribution in [1.29, 1.82) is 0 Å². The van der Waals surface area contributed by atoms with Crippen molar-refractivity contribution in [2.75, 3.05) is 0 Å². The zero-order chi connectivity index (χ0) is 11.5. The molecule has 2 heteroatoms. The van der Waals surface area contributed by atoms with E-state index in [1.807, 2.05) is 6.08 Å². The molecule has 88 valence electrons. The summed E-state index contributed by atoms with van der Waals surface area (Å²) in [7, 11) is 0. The van der Waals surface area contributed by atoms with Gasteiger partial charge >= 0.3 is 0 Å². The van der Waals surface area contributed by atoms with Gasteiger partial charge in [0.25, 0.3) is 0 Å². The molecule has 0 aromatic carbocycles. The lowest BCUT2D eigenvalue weighted by Gasteiger charge is -2.11. The van der Waals surface area contributed by atoms with Gasteiger partial charge in [-0.1, -0.05) is 38.7 Å². The number of hydrogen-bond donors (Lipinski definition) is 1. The fraction of sp³-hybridized carbons (Fsp3) is 0.769. The lowest BCUT2D eigenvalue weighted by atomic mass is 9.95. The lowest BCUT2D eigenvalue weighted by molar-refractivity contribution is -0.122. The molecule has 0 rings (SSSR count). The smallest absolute Gasteiger partial charge is 0.220 e. The van der Waals surface area contributed by atoms with Gasteiger partial charge in [-0.3, -0.25) is 4.79 Å². The highest BCUT2D eigenvalue weighted by Gasteiger charge is 2.12. The standard InChI is InChI=1S/C13H25NO/c1-3-5-6-7-8-9-11-12(10-4-2)13(14)15/h3,12H,1,4-11H2,2H3,(H2,14,15). The maximum absolute atomic E-state index is 11.1. The van der Waals surface area contributed by atoms with E-state index in [-0.39, 0.29) is 11.8 Å². The summed E-state index contributed by atoms with van der Waals surface area (Å²) in [5.74, 6) is -0.0163. The van der Waals surface area contributed by atoms with Crippen molar-refractivity contribution in [3.8, 4) is 0 Å². The molecule has 15 heavy (non-hydrogen) atoms. The van der Waals surface area contributed by atoms with Crippen LogP contribution in [0, 0.1) is 5.92 Å². The minimum absolute atomic E-state index is 0.106. The quantitative estimate of drug-likeness (QED) is 0.436. The second-order valence-corrected chi connectivity index (χ2v) is 4.17. The minimum atomic E-state index is -0.122. The number of allylic oxidation sites excluding steroid dienone is 1. The molecule has 0 radical (unpaired) electrons. The van der Waals surface area contributed by atoms with Crippen LogP contribution in [0.4, 0.5) is 0 Å². The number of carbonyl (C=O) groups is 1. The van der Waals surface area contributed by atoms with E-state index in [0.29, 0.717) is 0 Å². The van der Waals surface area contributed by atoms with Crippen LogP contribution in [-0.2, 0) is 4.79 Å². The molecule has 0 bridgehead atoms. The van der Waals surface area contributed by atoms with Crippen LogP contribution in [-0.4, -0.2) is 5.91 Å². The van der Waals surface area contributed by atoms with Crippen LogP contribution in [0.1, 0.15) is 58.3 Å². The third-order valence-electron chi connectivity index (χ3n) is 2.75. The first-order valence-corrected chi connectivity index (χ1v) is 6.12. The molecule has 2 N–H and O–H groups in total. The Kier molecular flexibility index (Phi) is 9.24. The highest BCUT2D eigenvalue weighted by Crippen LogP contribution is 2.16. The molecule has 1 unspecified atom stereocenters. The van der Waals surface area contributed by atoms with Gasteiger partial charge in [-0.25, -0.2) is 0 Å². The summed E-state index contributed by atoms with van der Waals surface area (Å²) >= 11 is 0. The van der Waals surface area contributed by atoms with Crippen LogP contribution in [0.15, 0.2) is 12.7 Å². The molecule has 1 atom stereocenters. The van der Waals surface area contributed by atoms with E-state index in [0.717, 1.165) is 32.1 Å². The number of carbonyl (C=O) groups excluding carboxylic acids is 1.